The molecule has 0 saturated heterocycles. The van der Waals surface area contributed by atoms with Crippen LogP contribution in [0.15, 0.2) is 54.6 Å². The Morgan fingerprint density at radius 1 is 1.30 bits per heavy atom. The number of rotatable bonds is 5. The molecule has 1 saturated carbocycles. The summed E-state index contributed by atoms with van der Waals surface area (Å²) in [4.78, 5) is 11.0. The van der Waals surface area contributed by atoms with Crippen molar-refractivity contribution in [1.29, 1.82) is 0 Å². The lowest BCUT2D eigenvalue weighted by Gasteiger charge is -1.96. The van der Waals surface area contributed by atoms with E-state index in [1.165, 1.54) is 24.3 Å². The molecular weight excluding hydrogens is 262 g/mol. The maximum Gasteiger partial charge on any atom is 0.330 e. The zero-order valence-electron chi connectivity index (χ0n) is 11.1. The molecule has 1 fully saturated rings. The number of carbonyl (C=O) groups is 1. The number of allylic oxidation sites excluding steroid dienone is 3. The van der Waals surface area contributed by atoms with Gasteiger partial charge in [0.05, 0.1) is 18.4 Å². The molecule has 1 aromatic carbocycles. The van der Waals surface area contributed by atoms with Crippen molar-refractivity contribution in [2.45, 2.75) is 18.8 Å². The van der Waals surface area contributed by atoms with Crippen LogP contribution in [0.4, 0.5) is 8.78 Å². The lowest BCUT2D eigenvalue weighted by molar-refractivity contribution is -0.137. The molecule has 0 radical (unpaired) electrons. The highest BCUT2D eigenvalue weighted by molar-refractivity contribution is 5.82. The van der Waals surface area contributed by atoms with Gasteiger partial charge in [-0.3, -0.25) is 0 Å². The van der Waals surface area contributed by atoms with Crippen LogP contribution < -0.4 is 0 Å². The molecule has 0 amide bonds. The van der Waals surface area contributed by atoms with Crippen molar-refractivity contribution in [2.75, 3.05) is 6.61 Å². The molecule has 0 unspecified atom stereocenters. The van der Waals surface area contributed by atoms with E-state index in [0.717, 1.165) is 0 Å². The number of hydrogen-bond donors (Lipinski definition) is 0. The van der Waals surface area contributed by atoms with Crippen LogP contribution >= 0.6 is 0 Å². The molecule has 0 spiro atoms. The van der Waals surface area contributed by atoms with Gasteiger partial charge in [-0.2, -0.15) is 0 Å². The minimum Gasteiger partial charge on any atom is -0.463 e. The smallest absolute Gasteiger partial charge is 0.330 e. The second kappa shape index (κ2) is 5.99. The van der Waals surface area contributed by atoms with Gasteiger partial charge in [0, 0.05) is 6.08 Å². The molecule has 0 N–H and O–H groups in total. The average Bonchev–Trinajstić information content (AvgIpc) is 2.97. The number of alkyl halides is 2. The van der Waals surface area contributed by atoms with E-state index in [0.29, 0.717) is 12.2 Å². The van der Waals surface area contributed by atoms with Gasteiger partial charge < -0.3 is 4.74 Å². The van der Waals surface area contributed by atoms with Gasteiger partial charge in [0.25, 0.3) is 5.92 Å². The van der Waals surface area contributed by atoms with Gasteiger partial charge in [-0.05, 0) is 12.5 Å². The monoisotopic (exact) mass is 278 g/mol. The van der Waals surface area contributed by atoms with Crippen molar-refractivity contribution in [1.82, 2.24) is 0 Å². The number of halogens is 2. The van der Waals surface area contributed by atoms with Crippen LogP contribution in [0.2, 0.25) is 0 Å². The lowest BCUT2D eigenvalue weighted by atomic mass is 10.1. The van der Waals surface area contributed by atoms with Gasteiger partial charge in [-0.1, -0.05) is 48.6 Å². The molecule has 4 heteroatoms. The van der Waals surface area contributed by atoms with Crippen LogP contribution in [0.25, 0.3) is 0 Å². The summed E-state index contributed by atoms with van der Waals surface area (Å²) in [6.45, 7) is 2.00. The Labute approximate surface area is 116 Å². The molecule has 2 nitrogen and oxygen atoms in total. The Bertz CT molecular complexity index is 521. The molecule has 1 aliphatic rings. The van der Waals surface area contributed by atoms with E-state index >= 15 is 0 Å². The highest BCUT2D eigenvalue weighted by atomic mass is 19.3. The highest BCUT2D eigenvalue weighted by Gasteiger charge is 2.67. The number of ether oxygens (including phenoxy) is 1. The minimum atomic E-state index is -2.71. The molecule has 1 aliphatic carbocycles. The van der Waals surface area contributed by atoms with Gasteiger partial charge in [-0.15, -0.1) is 0 Å². The summed E-state index contributed by atoms with van der Waals surface area (Å²) in [5, 5.41) is 0. The molecule has 106 valence electrons. The zero-order chi connectivity index (χ0) is 14.6. The Balaban J connectivity index is 1.96. The van der Waals surface area contributed by atoms with E-state index in [2.05, 4.69) is 4.74 Å². The maximum absolute atomic E-state index is 13.7. The largest absolute Gasteiger partial charge is 0.463 e. The summed E-state index contributed by atoms with van der Waals surface area (Å²) in [6.07, 6.45) is 5.55. The zero-order valence-corrected chi connectivity index (χ0v) is 11.1. The lowest BCUT2D eigenvalue weighted by Crippen LogP contribution is -1.98. The van der Waals surface area contributed by atoms with E-state index in [-0.39, 0.29) is 0 Å². The van der Waals surface area contributed by atoms with Crippen LogP contribution in [0.3, 0.4) is 0 Å². The summed E-state index contributed by atoms with van der Waals surface area (Å²) in [5.41, 5.74) is 0.640. The first kappa shape index (κ1) is 14.4. The van der Waals surface area contributed by atoms with Crippen molar-refractivity contribution in [2.24, 2.45) is 5.92 Å². The first-order valence-electron chi connectivity index (χ1n) is 6.51. The van der Waals surface area contributed by atoms with Crippen LogP contribution in [0.5, 0.6) is 0 Å². The van der Waals surface area contributed by atoms with Gasteiger partial charge in [0.15, 0.2) is 0 Å². The Hall–Kier alpha value is -1.97. The summed E-state index contributed by atoms with van der Waals surface area (Å²) in [6, 6.07) is 8.73. The number of benzene rings is 1. The van der Waals surface area contributed by atoms with E-state index in [9.17, 15) is 13.6 Å². The third-order valence-electron chi connectivity index (χ3n) is 3.22. The van der Waals surface area contributed by atoms with E-state index in [1.54, 1.807) is 37.3 Å². The van der Waals surface area contributed by atoms with E-state index in [4.69, 9.17) is 0 Å². The standard InChI is InChI=1S/C16H16F2O2/c1-2-20-14(19)11-7-6-10-13-15(16(13,17)18)12-8-4-3-5-9-12/h3-11,13,15H,2H2,1H3/b10-6+,11-7+/t13-,15-/m0/s1. The van der Waals surface area contributed by atoms with Crippen LogP contribution in [0, 0.1) is 5.92 Å². The molecule has 0 aromatic heterocycles. The first-order chi connectivity index (χ1) is 9.57. The fourth-order valence-electron chi connectivity index (χ4n) is 2.19. The molecule has 20 heavy (non-hydrogen) atoms. The Morgan fingerprint density at radius 2 is 2.00 bits per heavy atom. The molecule has 2 atom stereocenters. The average molecular weight is 278 g/mol. The summed E-state index contributed by atoms with van der Waals surface area (Å²) in [5.74, 6) is -4.76. The van der Waals surface area contributed by atoms with Crippen molar-refractivity contribution in [3.05, 3.63) is 60.2 Å². The van der Waals surface area contributed by atoms with Gasteiger partial charge >= 0.3 is 5.97 Å². The van der Waals surface area contributed by atoms with Crippen molar-refractivity contribution in [3.63, 3.8) is 0 Å². The van der Waals surface area contributed by atoms with E-state index < -0.39 is 23.7 Å². The molecule has 0 aliphatic heterocycles. The Morgan fingerprint density at radius 3 is 2.65 bits per heavy atom. The SMILES string of the molecule is CCOC(=O)/C=C/C=C/[C@H]1[C@H](c2ccccc2)C1(F)F. The fourth-order valence-corrected chi connectivity index (χ4v) is 2.19. The molecular formula is C16H16F2O2. The summed E-state index contributed by atoms with van der Waals surface area (Å²) >= 11 is 0. The Kier molecular flexibility index (Phi) is 4.32. The summed E-state index contributed by atoms with van der Waals surface area (Å²) < 4.78 is 32.1. The summed E-state index contributed by atoms with van der Waals surface area (Å²) in [7, 11) is 0. The molecule has 0 heterocycles. The fraction of sp³-hybridized carbons (Fsp3) is 0.312. The van der Waals surface area contributed by atoms with Gasteiger partial charge in [-0.25, -0.2) is 13.6 Å². The normalized spacial score (nSPS) is 24.1. The minimum absolute atomic E-state index is 0.295. The third kappa shape index (κ3) is 3.13. The molecule has 2 rings (SSSR count). The second-order valence-corrected chi connectivity index (χ2v) is 4.58. The van der Waals surface area contributed by atoms with Crippen LogP contribution in [-0.4, -0.2) is 18.5 Å². The van der Waals surface area contributed by atoms with Crippen LogP contribution in [-0.2, 0) is 9.53 Å². The maximum atomic E-state index is 13.7. The van der Waals surface area contributed by atoms with Gasteiger partial charge in [0.2, 0.25) is 0 Å². The second-order valence-electron chi connectivity index (χ2n) is 4.58. The topological polar surface area (TPSA) is 26.3 Å². The number of hydrogen-bond acceptors (Lipinski definition) is 2. The van der Waals surface area contributed by atoms with E-state index in [1.807, 2.05) is 0 Å². The first-order valence-corrected chi connectivity index (χ1v) is 6.51. The predicted molar refractivity (Wildman–Crippen MR) is 72.5 cm³/mol. The third-order valence-corrected chi connectivity index (χ3v) is 3.22. The highest BCUT2D eigenvalue weighted by Crippen LogP contribution is 2.62. The van der Waals surface area contributed by atoms with Crippen molar-refractivity contribution in [3.8, 4) is 0 Å². The molecule has 1 aromatic rings. The van der Waals surface area contributed by atoms with Crippen molar-refractivity contribution < 1.29 is 18.3 Å². The predicted octanol–water partition coefficient (Wildman–Crippen LogP) is 3.71. The van der Waals surface area contributed by atoms with Gasteiger partial charge in [0.1, 0.15) is 0 Å². The number of esters is 1. The van der Waals surface area contributed by atoms with Crippen LogP contribution in [0.1, 0.15) is 18.4 Å². The number of carbonyl (C=O) groups excluding carboxylic acids is 1. The molecule has 0 bridgehead atoms. The quantitative estimate of drug-likeness (QED) is 0.466. The van der Waals surface area contributed by atoms with Crippen molar-refractivity contribution >= 4 is 5.97 Å².